The van der Waals surface area contributed by atoms with Gasteiger partial charge >= 0.3 is 0 Å². The highest BCUT2D eigenvalue weighted by atomic mass is 32.2. The smallest absolute Gasteiger partial charge is 0.0892 e. The summed E-state index contributed by atoms with van der Waals surface area (Å²) in [6.45, 7) is 3.22. The minimum Gasteiger partial charge on any atom is -0.339 e. The lowest BCUT2D eigenvalue weighted by Crippen LogP contribution is -2.24. The van der Waals surface area contributed by atoms with Crippen LogP contribution in [-0.4, -0.2) is 10.8 Å². The molecule has 0 aliphatic carbocycles. The van der Waals surface area contributed by atoms with Crippen molar-refractivity contribution in [3.63, 3.8) is 0 Å². The Labute approximate surface area is 129 Å². The third-order valence-corrected chi connectivity index (χ3v) is 5.44. The maximum Gasteiger partial charge on any atom is 0.0892 e. The van der Waals surface area contributed by atoms with Crippen molar-refractivity contribution in [3.05, 3.63) is 48.5 Å². The van der Waals surface area contributed by atoms with Crippen LogP contribution in [0.2, 0.25) is 0 Å². The largest absolute Gasteiger partial charge is 0.339 e. The van der Waals surface area contributed by atoms with Crippen molar-refractivity contribution in [1.29, 1.82) is 0 Å². The molecule has 3 rings (SSSR count). The molecule has 2 nitrogen and oxygen atoms in total. The van der Waals surface area contributed by atoms with Gasteiger partial charge in [0.2, 0.25) is 0 Å². The van der Waals surface area contributed by atoms with Crippen LogP contribution >= 0.6 is 0 Å². The summed E-state index contributed by atoms with van der Waals surface area (Å²) in [5.41, 5.74) is 2.21. The van der Waals surface area contributed by atoms with E-state index in [-0.39, 0.29) is 0 Å². The molecule has 21 heavy (non-hydrogen) atoms. The number of nitrogens with zero attached hydrogens (tertiary/aromatic N) is 1. The number of hydrogen-bond donors (Lipinski definition) is 0. The zero-order valence-corrected chi connectivity index (χ0v) is 13.2. The first-order chi connectivity index (χ1) is 10.3. The zero-order chi connectivity index (χ0) is 14.7. The SMILES string of the molecule is CCCCCCN1c2ccccc2S(=O)c2ccccc21. The lowest BCUT2D eigenvalue weighted by atomic mass is 10.1. The van der Waals surface area contributed by atoms with E-state index in [1.165, 1.54) is 25.7 Å². The first kappa shape index (κ1) is 14.3. The Balaban J connectivity index is 1.95. The van der Waals surface area contributed by atoms with E-state index in [0.717, 1.165) is 27.7 Å². The fourth-order valence-corrected chi connectivity index (χ4v) is 4.24. The second-order valence-corrected chi connectivity index (χ2v) is 6.83. The molecule has 0 spiro atoms. The summed E-state index contributed by atoms with van der Waals surface area (Å²) < 4.78 is 12.7. The van der Waals surface area contributed by atoms with Crippen LogP contribution in [-0.2, 0) is 10.8 Å². The molecular formula is C18H21NOS. The highest BCUT2D eigenvalue weighted by Gasteiger charge is 2.26. The molecular weight excluding hydrogens is 278 g/mol. The summed E-state index contributed by atoms with van der Waals surface area (Å²) in [6, 6.07) is 16.2. The van der Waals surface area contributed by atoms with E-state index in [0.29, 0.717) is 0 Å². The Morgan fingerprint density at radius 1 is 0.857 bits per heavy atom. The Kier molecular flexibility index (Phi) is 4.39. The summed E-state index contributed by atoms with van der Waals surface area (Å²) in [5, 5.41) is 0. The average molecular weight is 299 g/mol. The lowest BCUT2D eigenvalue weighted by molar-refractivity contribution is 0.661. The predicted molar refractivity (Wildman–Crippen MR) is 88.7 cm³/mol. The Hall–Kier alpha value is -1.61. The summed E-state index contributed by atoms with van der Waals surface area (Å²) >= 11 is 0. The van der Waals surface area contributed by atoms with Crippen LogP contribution in [0.5, 0.6) is 0 Å². The average Bonchev–Trinajstić information content (AvgIpc) is 2.54. The van der Waals surface area contributed by atoms with Crippen molar-refractivity contribution in [2.75, 3.05) is 11.4 Å². The van der Waals surface area contributed by atoms with Crippen LogP contribution < -0.4 is 4.90 Å². The number of hydrogen-bond acceptors (Lipinski definition) is 2. The fraction of sp³-hybridized carbons (Fsp3) is 0.333. The summed E-state index contributed by atoms with van der Waals surface area (Å²) in [6.07, 6.45) is 4.95. The molecule has 0 unspecified atom stereocenters. The van der Waals surface area contributed by atoms with Crippen molar-refractivity contribution in [2.24, 2.45) is 0 Å². The number of fused-ring (bicyclic) bond motifs is 2. The number of anilines is 2. The van der Waals surface area contributed by atoms with E-state index in [4.69, 9.17) is 0 Å². The topological polar surface area (TPSA) is 20.3 Å². The number of rotatable bonds is 5. The van der Waals surface area contributed by atoms with E-state index in [1.807, 2.05) is 36.4 Å². The van der Waals surface area contributed by atoms with Gasteiger partial charge in [0.15, 0.2) is 0 Å². The maximum atomic E-state index is 12.7. The van der Waals surface area contributed by atoms with Crippen LogP contribution in [0.15, 0.2) is 58.3 Å². The quantitative estimate of drug-likeness (QED) is 0.733. The van der Waals surface area contributed by atoms with E-state index in [9.17, 15) is 4.21 Å². The molecule has 0 N–H and O–H groups in total. The van der Waals surface area contributed by atoms with Gasteiger partial charge in [-0.1, -0.05) is 50.5 Å². The molecule has 0 saturated heterocycles. The monoisotopic (exact) mass is 299 g/mol. The molecule has 1 aliphatic rings. The maximum absolute atomic E-state index is 12.7. The predicted octanol–water partition coefficient (Wildman–Crippen LogP) is 4.89. The van der Waals surface area contributed by atoms with Gasteiger partial charge in [0.25, 0.3) is 0 Å². The van der Waals surface area contributed by atoms with E-state index in [1.54, 1.807) is 0 Å². The molecule has 1 aliphatic heterocycles. The molecule has 0 saturated carbocycles. The van der Waals surface area contributed by atoms with Crippen molar-refractivity contribution < 1.29 is 4.21 Å². The first-order valence-corrected chi connectivity index (χ1v) is 8.85. The van der Waals surface area contributed by atoms with Gasteiger partial charge in [0.05, 0.1) is 32.0 Å². The second kappa shape index (κ2) is 6.44. The third kappa shape index (κ3) is 2.75. The Morgan fingerprint density at radius 3 is 2.00 bits per heavy atom. The Morgan fingerprint density at radius 2 is 1.43 bits per heavy atom. The van der Waals surface area contributed by atoms with Gasteiger partial charge in [-0.15, -0.1) is 0 Å². The second-order valence-electron chi connectivity index (χ2n) is 5.42. The minimum atomic E-state index is -1.06. The van der Waals surface area contributed by atoms with Crippen molar-refractivity contribution in [2.45, 2.75) is 42.4 Å². The van der Waals surface area contributed by atoms with E-state index in [2.05, 4.69) is 24.0 Å². The van der Waals surface area contributed by atoms with Crippen molar-refractivity contribution in [3.8, 4) is 0 Å². The van der Waals surface area contributed by atoms with Gasteiger partial charge in [-0.3, -0.25) is 0 Å². The molecule has 110 valence electrons. The molecule has 0 radical (unpaired) electrons. The molecule has 0 atom stereocenters. The number of benzene rings is 2. The summed E-state index contributed by atoms with van der Waals surface area (Å²) in [7, 11) is -1.06. The number of unbranched alkanes of at least 4 members (excludes halogenated alkanes) is 3. The molecule has 2 aromatic rings. The van der Waals surface area contributed by atoms with Gasteiger partial charge in [0.1, 0.15) is 0 Å². The highest BCUT2D eigenvalue weighted by molar-refractivity contribution is 7.85. The molecule has 0 aromatic heterocycles. The summed E-state index contributed by atoms with van der Waals surface area (Å²) in [5.74, 6) is 0. The molecule has 0 fully saturated rings. The van der Waals surface area contributed by atoms with Crippen molar-refractivity contribution >= 4 is 22.2 Å². The zero-order valence-electron chi connectivity index (χ0n) is 12.4. The molecule has 0 amide bonds. The minimum absolute atomic E-state index is 0.937. The van der Waals surface area contributed by atoms with Crippen LogP contribution in [0.1, 0.15) is 32.6 Å². The molecule has 3 heteroatoms. The number of para-hydroxylation sites is 2. The molecule has 2 aromatic carbocycles. The van der Waals surface area contributed by atoms with E-state index < -0.39 is 10.8 Å². The van der Waals surface area contributed by atoms with Crippen LogP contribution in [0, 0.1) is 0 Å². The first-order valence-electron chi connectivity index (χ1n) is 7.70. The van der Waals surface area contributed by atoms with Gasteiger partial charge in [-0.25, -0.2) is 4.21 Å². The molecule has 0 bridgehead atoms. The van der Waals surface area contributed by atoms with E-state index >= 15 is 0 Å². The fourth-order valence-electron chi connectivity index (χ4n) is 2.86. The van der Waals surface area contributed by atoms with Crippen molar-refractivity contribution in [1.82, 2.24) is 0 Å². The van der Waals surface area contributed by atoms with Gasteiger partial charge < -0.3 is 4.90 Å². The standard InChI is InChI=1S/C18H21NOS/c1-2-3-4-9-14-19-15-10-5-7-12-17(15)21(20)18-13-8-6-11-16(18)19/h5-8,10-13H,2-4,9,14H2,1H3. The van der Waals surface area contributed by atoms with Crippen LogP contribution in [0.4, 0.5) is 11.4 Å². The van der Waals surface area contributed by atoms with Gasteiger partial charge in [-0.05, 0) is 30.7 Å². The highest BCUT2D eigenvalue weighted by Crippen LogP contribution is 2.41. The van der Waals surface area contributed by atoms with Crippen LogP contribution in [0.3, 0.4) is 0 Å². The normalized spacial score (nSPS) is 13.9. The van der Waals surface area contributed by atoms with Crippen LogP contribution in [0.25, 0.3) is 0 Å². The van der Waals surface area contributed by atoms with Gasteiger partial charge in [0, 0.05) is 6.54 Å². The lowest BCUT2D eigenvalue weighted by Gasteiger charge is -2.32. The van der Waals surface area contributed by atoms with Gasteiger partial charge in [-0.2, -0.15) is 0 Å². The molecule has 1 heterocycles. The third-order valence-electron chi connectivity index (χ3n) is 3.95. The summed E-state index contributed by atoms with van der Waals surface area (Å²) in [4.78, 5) is 4.21. The Bertz CT molecular complexity index is 604.